The van der Waals surface area contributed by atoms with E-state index in [1.165, 1.54) is 5.56 Å². The SMILES string of the molecule is CC(OC(=O)CC(=O)O)C1CC(C)(C)N(Cc2ccccc2)C(C)(C)C1. The summed E-state index contributed by atoms with van der Waals surface area (Å²) in [6.45, 7) is 11.7. The molecular formula is C21H31NO4. The summed E-state index contributed by atoms with van der Waals surface area (Å²) in [6, 6.07) is 10.4. The van der Waals surface area contributed by atoms with Crippen molar-refractivity contribution in [3.05, 3.63) is 35.9 Å². The van der Waals surface area contributed by atoms with Crippen LogP contribution >= 0.6 is 0 Å². The number of hydrogen-bond donors (Lipinski definition) is 1. The zero-order chi connectivity index (χ0) is 19.5. The molecule has 0 saturated carbocycles. The van der Waals surface area contributed by atoms with Gasteiger partial charge in [-0.1, -0.05) is 30.3 Å². The summed E-state index contributed by atoms with van der Waals surface area (Å²) in [5.41, 5.74) is 1.17. The number of benzene rings is 1. The molecule has 0 radical (unpaired) electrons. The van der Waals surface area contributed by atoms with Crippen molar-refractivity contribution in [2.45, 2.75) is 77.6 Å². The molecule has 1 atom stereocenters. The van der Waals surface area contributed by atoms with Crippen molar-refractivity contribution >= 4 is 11.9 Å². The fourth-order valence-corrected chi connectivity index (χ4v) is 4.39. The van der Waals surface area contributed by atoms with Gasteiger partial charge in [0.15, 0.2) is 0 Å². The minimum absolute atomic E-state index is 0.0598. The summed E-state index contributed by atoms with van der Waals surface area (Å²) in [5.74, 6) is -1.61. The third-order valence-electron chi connectivity index (χ3n) is 5.45. The van der Waals surface area contributed by atoms with E-state index in [9.17, 15) is 9.59 Å². The molecule has 0 spiro atoms. The van der Waals surface area contributed by atoms with Crippen LogP contribution in [0, 0.1) is 5.92 Å². The fraction of sp³-hybridized carbons (Fsp3) is 0.619. The minimum Gasteiger partial charge on any atom is -0.481 e. The number of hydrogen-bond acceptors (Lipinski definition) is 4. The number of nitrogens with zero attached hydrogens (tertiary/aromatic N) is 1. The number of piperidine rings is 1. The predicted molar refractivity (Wildman–Crippen MR) is 101 cm³/mol. The number of carbonyl (C=O) groups excluding carboxylic acids is 1. The molecule has 1 aliphatic heterocycles. The Morgan fingerprint density at radius 2 is 1.69 bits per heavy atom. The topological polar surface area (TPSA) is 66.8 Å². The molecule has 5 nitrogen and oxygen atoms in total. The third kappa shape index (κ3) is 5.07. The lowest BCUT2D eigenvalue weighted by Crippen LogP contribution is -2.61. The smallest absolute Gasteiger partial charge is 0.317 e. The zero-order valence-electron chi connectivity index (χ0n) is 16.5. The van der Waals surface area contributed by atoms with Crippen molar-refractivity contribution in [1.29, 1.82) is 0 Å². The summed E-state index contributed by atoms with van der Waals surface area (Å²) < 4.78 is 5.40. The van der Waals surface area contributed by atoms with E-state index in [1.54, 1.807) is 0 Å². The zero-order valence-corrected chi connectivity index (χ0v) is 16.5. The van der Waals surface area contributed by atoms with E-state index in [1.807, 2.05) is 13.0 Å². The first kappa shape index (κ1) is 20.4. The first-order valence-electron chi connectivity index (χ1n) is 9.24. The van der Waals surface area contributed by atoms with Gasteiger partial charge in [-0.3, -0.25) is 14.5 Å². The Hall–Kier alpha value is -1.88. The van der Waals surface area contributed by atoms with Crippen LogP contribution in [0.3, 0.4) is 0 Å². The van der Waals surface area contributed by atoms with Gasteiger partial charge in [-0.05, 0) is 58.9 Å². The predicted octanol–water partition coefficient (Wildman–Crippen LogP) is 3.86. The van der Waals surface area contributed by atoms with Crippen LogP contribution in [0.5, 0.6) is 0 Å². The van der Waals surface area contributed by atoms with Crippen LogP contribution in [0.15, 0.2) is 30.3 Å². The van der Waals surface area contributed by atoms with Gasteiger partial charge in [0.25, 0.3) is 0 Å². The molecule has 1 aromatic carbocycles. The van der Waals surface area contributed by atoms with Crippen LogP contribution in [0.25, 0.3) is 0 Å². The summed E-state index contributed by atoms with van der Waals surface area (Å²) in [7, 11) is 0. The Morgan fingerprint density at radius 3 is 2.19 bits per heavy atom. The average Bonchev–Trinajstić information content (AvgIpc) is 2.50. The van der Waals surface area contributed by atoms with Gasteiger partial charge in [-0.2, -0.15) is 0 Å². The van der Waals surface area contributed by atoms with Gasteiger partial charge >= 0.3 is 11.9 Å². The molecule has 1 unspecified atom stereocenters. The van der Waals surface area contributed by atoms with Crippen LogP contribution in [-0.4, -0.2) is 39.1 Å². The van der Waals surface area contributed by atoms with E-state index in [4.69, 9.17) is 9.84 Å². The lowest BCUT2D eigenvalue weighted by Gasteiger charge is -2.56. The normalized spacial score (nSPS) is 21.1. The highest BCUT2D eigenvalue weighted by molar-refractivity contribution is 5.90. The second kappa shape index (κ2) is 7.78. The first-order valence-corrected chi connectivity index (χ1v) is 9.24. The Morgan fingerprint density at radius 1 is 1.15 bits per heavy atom. The van der Waals surface area contributed by atoms with Gasteiger partial charge in [0, 0.05) is 17.6 Å². The maximum Gasteiger partial charge on any atom is 0.317 e. The Bertz CT molecular complexity index is 621. The number of carbonyl (C=O) groups is 2. The Labute approximate surface area is 156 Å². The number of carboxylic acid groups (broad SMARTS) is 1. The molecule has 0 aliphatic carbocycles. The van der Waals surface area contributed by atoms with E-state index >= 15 is 0 Å². The highest BCUT2D eigenvalue weighted by atomic mass is 16.5. The molecule has 1 fully saturated rings. The average molecular weight is 361 g/mol. The molecule has 1 N–H and O–H groups in total. The molecule has 5 heteroatoms. The van der Waals surface area contributed by atoms with Gasteiger partial charge in [0.05, 0.1) is 0 Å². The lowest BCUT2D eigenvalue weighted by molar-refractivity contribution is -0.160. The van der Waals surface area contributed by atoms with Gasteiger partial charge < -0.3 is 9.84 Å². The number of aliphatic carboxylic acids is 1. The van der Waals surface area contributed by atoms with Crippen molar-refractivity contribution in [2.75, 3.05) is 0 Å². The molecule has 1 saturated heterocycles. The molecule has 0 amide bonds. The van der Waals surface area contributed by atoms with E-state index < -0.39 is 18.4 Å². The molecule has 1 heterocycles. The first-order chi connectivity index (χ1) is 12.0. The largest absolute Gasteiger partial charge is 0.481 e. The van der Waals surface area contributed by atoms with Crippen LogP contribution in [0.4, 0.5) is 0 Å². The third-order valence-corrected chi connectivity index (χ3v) is 5.45. The fourth-order valence-electron chi connectivity index (χ4n) is 4.39. The molecule has 0 aromatic heterocycles. The number of likely N-dealkylation sites (tertiary alicyclic amines) is 1. The van der Waals surface area contributed by atoms with Crippen molar-refractivity contribution in [3.8, 4) is 0 Å². The number of carboxylic acids is 1. The van der Waals surface area contributed by atoms with Crippen LogP contribution in [0.1, 0.15) is 59.4 Å². The van der Waals surface area contributed by atoms with Gasteiger partial charge in [-0.15, -0.1) is 0 Å². The molecule has 1 aromatic rings. The highest BCUT2D eigenvalue weighted by Gasteiger charge is 2.46. The van der Waals surface area contributed by atoms with Crippen molar-refractivity contribution in [2.24, 2.45) is 5.92 Å². The van der Waals surface area contributed by atoms with Crippen LogP contribution in [-0.2, 0) is 20.9 Å². The summed E-state index contributed by atoms with van der Waals surface area (Å²) >= 11 is 0. The van der Waals surface area contributed by atoms with Gasteiger partial charge in [0.2, 0.25) is 0 Å². The van der Waals surface area contributed by atoms with Crippen molar-refractivity contribution in [3.63, 3.8) is 0 Å². The second-order valence-corrected chi connectivity index (χ2v) is 8.63. The van der Waals surface area contributed by atoms with E-state index in [-0.39, 0.29) is 23.1 Å². The van der Waals surface area contributed by atoms with E-state index in [2.05, 4.69) is 56.9 Å². The molecular weight excluding hydrogens is 330 g/mol. The molecule has 0 bridgehead atoms. The number of ether oxygens (including phenoxy) is 1. The van der Waals surface area contributed by atoms with Crippen molar-refractivity contribution < 1.29 is 19.4 Å². The van der Waals surface area contributed by atoms with E-state index in [0.717, 1.165) is 19.4 Å². The summed E-state index contributed by atoms with van der Waals surface area (Å²) in [5, 5.41) is 8.74. The summed E-state index contributed by atoms with van der Waals surface area (Å²) in [4.78, 5) is 24.9. The van der Waals surface area contributed by atoms with Crippen LogP contribution in [0.2, 0.25) is 0 Å². The maximum absolute atomic E-state index is 11.7. The quantitative estimate of drug-likeness (QED) is 0.615. The van der Waals surface area contributed by atoms with Crippen LogP contribution < -0.4 is 0 Å². The summed E-state index contributed by atoms with van der Waals surface area (Å²) in [6.07, 6.45) is 0.916. The van der Waals surface area contributed by atoms with Gasteiger partial charge in [-0.25, -0.2) is 0 Å². The monoisotopic (exact) mass is 361 g/mol. The van der Waals surface area contributed by atoms with Gasteiger partial charge in [0.1, 0.15) is 12.5 Å². The second-order valence-electron chi connectivity index (χ2n) is 8.63. The number of rotatable bonds is 6. The van der Waals surface area contributed by atoms with E-state index in [0.29, 0.717) is 0 Å². The lowest BCUT2D eigenvalue weighted by atomic mass is 9.71. The Kier molecular flexibility index (Phi) is 6.12. The van der Waals surface area contributed by atoms with Crippen molar-refractivity contribution in [1.82, 2.24) is 4.90 Å². The molecule has 2 rings (SSSR count). The standard InChI is InChI=1S/C21H31NO4/c1-15(26-19(25)11-18(23)24)17-12-20(2,3)22(21(4,5)13-17)14-16-9-7-6-8-10-16/h6-10,15,17H,11-14H2,1-5H3,(H,23,24). The Balaban J connectivity index is 2.10. The molecule has 144 valence electrons. The highest BCUT2D eigenvalue weighted by Crippen LogP contribution is 2.44. The molecule has 1 aliphatic rings. The maximum atomic E-state index is 11.7. The number of esters is 1. The molecule has 26 heavy (non-hydrogen) atoms. The minimum atomic E-state index is -1.15.